The zero-order chi connectivity index (χ0) is 15.0. The molecule has 0 bridgehead atoms. The van der Waals surface area contributed by atoms with Crippen molar-refractivity contribution >= 4 is 5.97 Å². The lowest BCUT2D eigenvalue weighted by molar-refractivity contribution is 0.0693. The first-order chi connectivity index (χ1) is 9.31. The molecule has 6 heteroatoms. The minimum Gasteiger partial charge on any atom is -0.477 e. The van der Waals surface area contributed by atoms with E-state index >= 15 is 0 Å². The fourth-order valence-electron chi connectivity index (χ4n) is 2.36. The number of nitrogens with zero attached hydrogens (tertiary/aromatic N) is 3. The van der Waals surface area contributed by atoms with Crippen molar-refractivity contribution in [2.45, 2.75) is 27.3 Å². The smallest absolute Gasteiger partial charge is 0.341 e. The Labute approximate surface area is 116 Å². The summed E-state index contributed by atoms with van der Waals surface area (Å²) >= 11 is 0. The van der Waals surface area contributed by atoms with Crippen molar-refractivity contribution < 1.29 is 9.90 Å². The van der Waals surface area contributed by atoms with E-state index in [1.54, 1.807) is 31.6 Å². The molecule has 0 aliphatic carbocycles. The summed E-state index contributed by atoms with van der Waals surface area (Å²) in [6.07, 6.45) is 0. The highest BCUT2D eigenvalue weighted by Crippen LogP contribution is 2.10. The Balaban J connectivity index is 2.58. The Morgan fingerprint density at radius 1 is 1.30 bits per heavy atom. The summed E-state index contributed by atoms with van der Waals surface area (Å²) in [6.45, 7) is 5.61. The highest BCUT2D eigenvalue weighted by molar-refractivity contribution is 5.88. The summed E-state index contributed by atoms with van der Waals surface area (Å²) in [4.78, 5) is 23.5. The molecule has 0 atom stereocenters. The predicted molar refractivity (Wildman–Crippen MR) is 74.2 cm³/mol. The maximum atomic E-state index is 12.3. The zero-order valence-electron chi connectivity index (χ0n) is 12.0. The molecule has 0 radical (unpaired) electrons. The topological polar surface area (TPSA) is 77.1 Å². The molecule has 6 nitrogen and oxygen atoms in total. The molecule has 0 unspecified atom stereocenters. The molecule has 0 fully saturated rings. The van der Waals surface area contributed by atoms with Crippen molar-refractivity contribution in [2.24, 2.45) is 7.05 Å². The van der Waals surface area contributed by atoms with Gasteiger partial charge in [-0.05, 0) is 38.5 Å². The number of pyridine rings is 1. The van der Waals surface area contributed by atoms with Crippen LogP contribution in [0.3, 0.4) is 0 Å². The Morgan fingerprint density at radius 3 is 2.45 bits per heavy atom. The Bertz CT molecular complexity index is 741. The van der Waals surface area contributed by atoms with Gasteiger partial charge in [-0.1, -0.05) is 0 Å². The number of hydrogen-bond acceptors (Lipinski definition) is 3. The van der Waals surface area contributed by atoms with Crippen LogP contribution >= 0.6 is 0 Å². The number of carbonyl (C=O) groups is 1. The van der Waals surface area contributed by atoms with E-state index in [1.807, 2.05) is 13.0 Å². The maximum absolute atomic E-state index is 12.3. The van der Waals surface area contributed by atoms with Crippen molar-refractivity contribution in [2.75, 3.05) is 0 Å². The molecule has 0 aliphatic heterocycles. The third-order valence-electron chi connectivity index (χ3n) is 3.34. The highest BCUT2D eigenvalue weighted by Gasteiger charge is 2.17. The lowest BCUT2D eigenvalue weighted by Crippen LogP contribution is -2.30. The molecule has 2 heterocycles. The standard InChI is InChI=1S/C14H17N3O3/c1-8-5-10(3)17(13(18)12(8)14(19)20)7-11-6-9(2)15-16(11)4/h5-6H,7H2,1-4H3,(H,19,20). The highest BCUT2D eigenvalue weighted by atomic mass is 16.4. The van der Waals surface area contributed by atoms with Gasteiger partial charge < -0.3 is 9.67 Å². The van der Waals surface area contributed by atoms with E-state index in [4.69, 9.17) is 5.11 Å². The van der Waals surface area contributed by atoms with Crippen LogP contribution in [-0.4, -0.2) is 25.4 Å². The lowest BCUT2D eigenvalue weighted by Gasteiger charge is -2.12. The molecule has 20 heavy (non-hydrogen) atoms. The van der Waals surface area contributed by atoms with Gasteiger partial charge in [0, 0.05) is 12.7 Å². The van der Waals surface area contributed by atoms with Gasteiger partial charge in [-0.15, -0.1) is 0 Å². The average Bonchev–Trinajstić information content (AvgIpc) is 2.62. The van der Waals surface area contributed by atoms with Crippen molar-refractivity contribution in [1.29, 1.82) is 0 Å². The molecule has 2 rings (SSSR count). The van der Waals surface area contributed by atoms with Crippen LogP contribution in [0.25, 0.3) is 0 Å². The molecule has 0 saturated carbocycles. The number of aromatic carboxylic acids is 1. The Hall–Kier alpha value is -2.37. The number of carboxylic acid groups (broad SMARTS) is 1. The van der Waals surface area contributed by atoms with E-state index in [9.17, 15) is 9.59 Å². The number of aryl methyl sites for hydroxylation is 4. The average molecular weight is 275 g/mol. The summed E-state index contributed by atoms with van der Waals surface area (Å²) in [7, 11) is 1.80. The van der Waals surface area contributed by atoms with Crippen LogP contribution in [0.4, 0.5) is 0 Å². The summed E-state index contributed by atoms with van der Waals surface area (Å²) in [6, 6.07) is 3.60. The minimum absolute atomic E-state index is 0.172. The normalized spacial score (nSPS) is 10.8. The van der Waals surface area contributed by atoms with Crippen LogP contribution in [-0.2, 0) is 13.6 Å². The second kappa shape index (κ2) is 4.96. The van der Waals surface area contributed by atoms with Crippen LogP contribution in [0.15, 0.2) is 16.9 Å². The first-order valence-corrected chi connectivity index (χ1v) is 6.25. The van der Waals surface area contributed by atoms with Crippen molar-refractivity contribution in [1.82, 2.24) is 14.3 Å². The molecule has 0 aromatic carbocycles. The minimum atomic E-state index is -1.19. The molecule has 0 amide bonds. The fourth-order valence-corrected chi connectivity index (χ4v) is 2.36. The first kappa shape index (κ1) is 14.0. The van der Waals surface area contributed by atoms with Gasteiger partial charge in [0.1, 0.15) is 5.56 Å². The number of hydrogen-bond donors (Lipinski definition) is 1. The monoisotopic (exact) mass is 275 g/mol. The number of aromatic nitrogens is 3. The van der Waals surface area contributed by atoms with Gasteiger partial charge in [-0.2, -0.15) is 5.10 Å². The van der Waals surface area contributed by atoms with Gasteiger partial charge in [0.2, 0.25) is 0 Å². The molecule has 0 spiro atoms. The molecule has 2 aromatic heterocycles. The van der Waals surface area contributed by atoms with Crippen LogP contribution in [0, 0.1) is 20.8 Å². The van der Waals surface area contributed by atoms with Crippen molar-refractivity contribution in [3.63, 3.8) is 0 Å². The van der Waals surface area contributed by atoms with Gasteiger partial charge in [-0.3, -0.25) is 9.48 Å². The fraction of sp³-hybridized carbons (Fsp3) is 0.357. The zero-order valence-corrected chi connectivity index (χ0v) is 12.0. The largest absolute Gasteiger partial charge is 0.477 e. The lowest BCUT2D eigenvalue weighted by atomic mass is 10.1. The van der Waals surface area contributed by atoms with E-state index < -0.39 is 11.5 Å². The van der Waals surface area contributed by atoms with Crippen molar-refractivity contribution in [3.8, 4) is 0 Å². The molecule has 0 aliphatic rings. The van der Waals surface area contributed by atoms with Gasteiger partial charge in [-0.25, -0.2) is 4.79 Å². The number of rotatable bonds is 3. The van der Waals surface area contributed by atoms with Gasteiger partial charge >= 0.3 is 5.97 Å². The molecule has 0 saturated heterocycles. The van der Waals surface area contributed by atoms with E-state index in [1.165, 1.54) is 4.57 Å². The second-order valence-corrected chi connectivity index (χ2v) is 4.94. The Kier molecular flexibility index (Phi) is 3.48. The van der Waals surface area contributed by atoms with Gasteiger partial charge in [0.05, 0.1) is 17.9 Å². The first-order valence-electron chi connectivity index (χ1n) is 6.25. The van der Waals surface area contributed by atoms with Crippen LogP contribution in [0.2, 0.25) is 0 Å². The molecule has 1 N–H and O–H groups in total. The molecular formula is C14H17N3O3. The second-order valence-electron chi connectivity index (χ2n) is 4.94. The van der Waals surface area contributed by atoms with E-state index in [2.05, 4.69) is 5.10 Å². The predicted octanol–water partition coefficient (Wildman–Crippen LogP) is 1.25. The van der Waals surface area contributed by atoms with Crippen LogP contribution in [0.1, 0.15) is 33.0 Å². The molecular weight excluding hydrogens is 258 g/mol. The third kappa shape index (κ3) is 2.36. The third-order valence-corrected chi connectivity index (χ3v) is 3.34. The molecule has 106 valence electrons. The van der Waals surface area contributed by atoms with Gasteiger partial charge in [0.25, 0.3) is 5.56 Å². The quantitative estimate of drug-likeness (QED) is 0.914. The van der Waals surface area contributed by atoms with E-state index in [0.29, 0.717) is 12.1 Å². The Morgan fingerprint density at radius 2 is 1.95 bits per heavy atom. The van der Waals surface area contributed by atoms with E-state index in [0.717, 1.165) is 17.1 Å². The summed E-state index contributed by atoms with van der Waals surface area (Å²) in [5.74, 6) is -1.19. The van der Waals surface area contributed by atoms with E-state index in [-0.39, 0.29) is 5.56 Å². The molecule has 2 aromatic rings. The SMILES string of the molecule is Cc1cc(Cn2c(C)cc(C)c(C(=O)O)c2=O)n(C)n1. The van der Waals surface area contributed by atoms with Crippen molar-refractivity contribution in [3.05, 3.63) is 50.7 Å². The summed E-state index contributed by atoms with van der Waals surface area (Å²) in [5.41, 5.74) is 2.28. The number of carboxylic acids is 1. The van der Waals surface area contributed by atoms with Crippen LogP contribution in [0.5, 0.6) is 0 Å². The summed E-state index contributed by atoms with van der Waals surface area (Å²) < 4.78 is 3.16. The van der Waals surface area contributed by atoms with Crippen LogP contribution < -0.4 is 5.56 Å². The maximum Gasteiger partial charge on any atom is 0.341 e. The van der Waals surface area contributed by atoms with Gasteiger partial charge in [0.15, 0.2) is 0 Å². The summed E-state index contributed by atoms with van der Waals surface area (Å²) in [5, 5.41) is 13.4.